The minimum absolute atomic E-state index is 0.106. The molecule has 0 fully saturated rings. The summed E-state index contributed by atoms with van der Waals surface area (Å²) >= 11 is 3.23. The summed E-state index contributed by atoms with van der Waals surface area (Å²) in [5, 5.41) is 13.6. The Bertz CT molecular complexity index is 566. The zero-order valence-electron chi connectivity index (χ0n) is 8.54. The lowest BCUT2D eigenvalue weighted by molar-refractivity contribution is 0.102. The monoisotopic (exact) mass is 294 g/mol. The first-order chi connectivity index (χ1) is 8.19. The van der Waals surface area contributed by atoms with Crippen molar-refractivity contribution in [2.45, 2.75) is 0 Å². The summed E-state index contributed by atoms with van der Waals surface area (Å²) in [6.45, 7) is 3.46. The van der Waals surface area contributed by atoms with Gasteiger partial charge in [0.15, 0.2) is 0 Å². The first kappa shape index (κ1) is 11.4. The molecule has 0 unspecified atom stereocenters. The molecule has 0 saturated carbocycles. The predicted molar refractivity (Wildman–Crippen MR) is 64.1 cm³/mol. The lowest BCUT2D eigenvalue weighted by Gasteiger charge is -1.99. The van der Waals surface area contributed by atoms with E-state index in [2.05, 4.69) is 48.2 Å². The van der Waals surface area contributed by atoms with Gasteiger partial charge in [0.25, 0.3) is 11.9 Å². The normalized spacial score (nSPS) is 9.94. The van der Waals surface area contributed by atoms with Gasteiger partial charge in [0.1, 0.15) is 0 Å². The Balaban J connectivity index is 2.14. The molecule has 0 radical (unpaired) electrons. The number of aromatic nitrogens is 5. The van der Waals surface area contributed by atoms with Crippen LogP contribution >= 0.6 is 15.9 Å². The van der Waals surface area contributed by atoms with Crippen molar-refractivity contribution in [3.8, 4) is 0 Å². The first-order valence-corrected chi connectivity index (χ1v) is 5.32. The number of hydrogen-bond acceptors (Lipinski definition) is 5. The van der Waals surface area contributed by atoms with E-state index in [1.807, 2.05) is 0 Å². The molecule has 7 nitrogen and oxygen atoms in total. The van der Waals surface area contributed by atoms with Crippen molar-refractivity contribution in [3.05, 3.63) is 35.1 Å². The van der Waals surface area contributed by atoms with Crippen molar-refractivity contribution in [3.63, 3.8) is 0 Å². The van der Waals surface area contributed by atoms with Crippen LogP contribution in [0.2, 0.25) is 0 Å². The third kappa shape index (κ3) is 2.72. The number of carbonyl (C=O) groups excluding carboxylic acids is 1. The number of halogens is 1. The summed E-state index contributed by atoms with van der Waals surface area (Å²) in [6, 6.07) is 1.64. The van der Waals surface area contributed by atoms with E-state index in [0.717, 1.165) is 4.80 Å². The van der Waals surface area contributed by atoms with Crippen LogP contribution in [0.15, 0.2) is 29.5 Å². The highest BCUT2D eigenvalue weighted by atomic mass is 79.9. The quantitative estimate of drug-likeness (QED) is 0.919. The van der Waals surface area contributed by atoms with Crippen LogP contribution in [0, 0.1) is 0 Å². The largest absolute Gasteiger partial charge is 0.288 e. The number of nitrogens with zero attached hydrogens (tertiary/aromatic N) is 5. The van der Waals surface area contributed by atoms with E-state index in [1.54, 1.807) is 12.3 Å². The molecule has 0 aliphatic carbocycles. The van der Waals surface area contributed by atoms with Gasteiger partial charge in [0.2, 0.25) is 0 Å². The average molecular weight is 295 g/mol. The van der Waals surface area contributed by atoms with Crippen molar-refractivity contribution in [1.82, 2.24) is 25.2 Å². The van der Waals surface area contributed by atoms with Gasteiger partial charge < -0.3 is 0 Å². The number of tetrazole rings is 1. The summed E-state index contributed by atoms with van der Waals surface area (Å²) in [4.78, 5) is 16.8. The molecule has 1 N–H and O–H groups in total. The standard InChI is InChI=1S/C9H7BrN6O/c1-2-16-14-9(13-15-16)12-8(17)6-3-7(10)5-11-4-6/h2-5H,1H2,(H,12,14,17). The van der Waals surface area contributed by atoms with E-state index in [4.69, 9.17) is 0 Å². The maximum atomic E-state index is 11.7. The summed E-state index contributed by atoms with van der Waals surface area (Å²) in [6.07, 6.45) is 4.39. The molecule has 1 amide bonds. The second kappa shape index (κ2) is 4.83. The smallest absolute Gasteiger partial charge is 0.270 e. The maximum absolute atomic E-state index is 11.7. The van der Waals surface area contributed by atoms with Gasteiger partial charge in [-0.25, -0.2) is 0 Å². The summed E-state index contributed by atoms with van der Waals surface area (Å²) < 4.78 is 0.716. The van der Waals surface area contributed by atoms with E-state index < -0.39 is 0 Å². The lowest BCUT2D eigenvalue weighted by atomic mass is 10.3. The van der Waals surface area contributed by atoms with E-state index in [9.17, 15) is 4.79 Å². The van der Waals surface area contributed by atoms with E-state index in [-0.39, 0.29) is 11.9 Å². The van der Waals surface area contributed by atoms with Crippen LogP contribution < -0.4 is 5.32 Å². The molecule has 0 spiro atoms. The Hall–Kier alpha value is -2.09. The zero-order chi connectivity index (χ0) is 12.3. The molecular weight excluding hydrogens is 288 g/mol. The number of hydrogen-bond donors (Lipinski definition) is 1. The van der Waals surface area contributed by atoms with Crippen LogP contribution in [-0.4, -0.2) is 31.1 Å². The van der Waals surface area contributed by atoms with Gasteiger partial charge >= 0.3 is 0 Å². The van der Waals surface area contributed by atoms with Crippen LogP contribution in [0.5, 0.6) is 0 Å². The SMILES string of the molecule is C=Cn1nnc(NC(=O)c2cncc(Br)c2)n1. The van der Waals surface area contributed by atoms with Crippen molar-refractivity contribution >= 4 is 34.0 Å². The second-order valence-corrected chi connectivity index (χ2v) is 3.88. The highest BCUT2D eigenvalue weighted by Crippen LogP contribution is 2.10. The van der Waals surface area contributed by atoms with Crippen molar-refractivity contribution in [1.29, 1.82) is 0 Å². The van der Waals surface area contributed by atoms with Gasteiger partial charge in [-0.15, -0.1) is 9.90 Å². The number of anilines is 1. The average Bonchev–Trinajstić information content (AvgIpc) is 2.77. The summed E-state index contributed by atoms with van der Waals surface area (Å²) in [5.74, 6) is -0.253. The Morgan fingerprint density at radius 1 is 1.53 bits per heavy atom. The molecule has 0 atom stereocenters. The van der Waals surface area contributed by atoms with Gasteiger partial charge in [-0.1, -0.05) is 11.7 Å². The van der Waals surface area contributed by atoms with Crippen molar-refractivity contribution in [2.75, 3.05) is 5.32 Å². The molecule has 2 aromatic rings. The van der Waals surface area contributed by atoms with Gasteiger partial charge in [-0.2, -0.15) is 0 Å². The van der Waals surface area contributed by atoms with Gasteiger partial charge in [0, 0.05) is 23.1 Å². The number of carbonyl (C=O) groups is 1. The first-order valence-electron chi connectivity index (χ1n) is 4.53. The highest BCUT2D eigenvalue weighted by molar-refractivity contribution is 9.10. The van der Waals surface area contributed by atoms with Crippen LogP contribution in [0.4, 0.5) is 5.95 Å². The number of nitrogens with one attached hydrogen (secondary N) is 1. The molecule has 17 heavy (non-hydrogen) atoms. The number of rotatable bonds is 3. The molecule has 0 aliphatic heterocycles. The van der Waals surface area contributed by atoms with Crippen LogP contribution in [0.25, 0.3) is 6.20 Å². The summed E-state index contributed by atoms with van der Waals surface area (Å²) in [7, 11) is 0. The van der Waals surface area contributed by atoms with Crippen LogP contribution in [0.3, 0.4) is 0 Å². The fourth-order valence-electron chi connectivity index (χ4n) is 1.06. The maximum Gasteiger partial charge on any atom is 0.270 e. The fraction of sp³-hybridized carbons (Fsp3) is 0. The minimum Gasteiger partial charge on any atom is -0.288 e. The van der Waals surface area contributed by atoms with E-state index >= 15 is 0 Å². The molecule has 0 bridgehead atoms. The Morgan fingerprint density at radius 3 is 3.00 bits per heavy atom. The Morgan fingerprint density at radius 2 is 2.35 bits per heavy atom. The molecule has 86 valence electrons. The molecule has 0 aliphatic rings. The zero-order valence-corrected chi connectivity index (χ0v) is 10.1. The van der Waals surface area contributed by atoms with Crippen LogP contribution in [-0.2, 0) is 0 Å². The number of amides is 1. The van der Waals surface area contributed by atoms with Gasteiger partial charge in [-0.05, 0) is 27.2 Å². The molecule has 0 saturated heterocycles. The molecule has 2 rings (SSSR count). The molecular formula is C9H7BrN6O. The predicted octanol–water partition coefficient (Wildman–Crippen LogP) is 1.18. The molecule has 8 heteroatoms. The van der Waals surface area contributed by atoms with E-state index in [1.165, 1.54) is 12.4 Å². The Kier molecular flexibility index (Phi) is 3.24. The number of pyridine rings is 1. The van der Waals surface area contributed by atoms with Crippen molar-refractivity contribution in [2.24, 2.45) is 0 Å². The van der Waals surface area contributed by atoms with Crippen molar-refractivity contribution < 1.29 is 4.79 Å². The topological polar surface area (TPSA) is 85.6 Å². The van der Waals surface area contributed by atoms with E-state index in [0.29, 0.717) is 10.0 Å². The Labute approximate surface area is 105 Å². The minimum atomic E-state index is -0.359. The highest BCUT2D eigenvalue weighted by Gasteiger charge is 2.09. The molecule has 0 aromatic carbocycles. The van der Waals surface area contributed by atoms with Gasteiger partial charge in [0.05, 0.1) is 5.56 Å². The fourth-order valence-corrected chi connectivity index (χ4v) is 1.43. The van der Waals surface area contributed by atoms with Gasteiger partial charge in [-0.3, -0.25) is 15.1 Å². The third-order valence-electron chi connectivity index (χ3n) is 1.78. The summed E-state index contributed by atoms with van der Waals surface area (Å²) in [5.41, 5.74) is 0.398. The second-order valence-electron chi connectivity index (χ2n) is 2.96. The molecule has 2 aromatic heterocycles. The van der Waals surface area contributed by atoms with Crippen LogP contribution in [0.1, 0.15) is 10.4 Å². The lowest BCUT2D eigenvalue weighted by Crippen LogP contribution is -2.13. The third-order valence-corrected chi connectivity index (χ3v) is 2.22. The molecule has 2 heterocycles.